The van der Waals surface area contributed by atoms with Crippen molar-refractivity contribution in [2.24, 2.45) is 0 Å². The van der Waals surface area contributed by atoms with Crippen molar-refractivity contribution < 1.29 is 14.3 Å². The van der Waals surface area contributed by atoms with Gasteiger partial charge in [0.2, 0.25) is 0 Å². The van der Waals surface area contributed by atoms with Crippen molar-refractivity contribution >= 4 is 23.4 Å². The summed E-state index contributed by atoms with van der Waals surface area (Å²) in [5.41, 5.74) is 6.26. The predicted octanol–water partition coefficient (Wildman–Crippen LogP) is 2.73. The van der Waals surface area contributed by atoms with Crippen molar-refractivity contribution in [3.63, 3.8) is 0 Å². The number of hydrogen-bond acceptors (Lipinski definition) is 3. The fraction of sp³-hybridized carbons (Fsp3) is 0.125. The van der Waals surface area contributed by atoms with Gasteiger partial charge in [0.1, 0.15) is 5.75 Å². The molecule has 2 N–H and O–H groups in total. The molecule has 0 spiro atoms. The molecule has 0 atom stereocenters. The number of carbonyl (C=O) groups excluding carboxylic acids is 2. The van der Waals surface area contributed by atoms with E-state index < -0.39 is 11.8 Å². The summed E-state index contributed by atoms with van der Waals surface area (Å²) >= 11 is 5.87. The van der Waals surface area contributed by atoms with Crippen LogP contribution in [-0.2, 0) is 0 Å². The van der Waals surface area contributed by atoms with E-state index in [4.69, 9.17) is 16.3 Å². The van der Waals surface area contributed by atoms with E-state index in [1.165, 1.54) is 13.2 Å². The van der Waals surface area contributed by atoms with E-state index >= 15 is 0 Å². The van der Waals surface area contributed by atoms with Gasteiger partial charge in [0, 0.05) is 10.6 Å². The summed E-state index contributed by atoms with van der Waals surface area (Å²) in [6, 6.07) is 11.7. The third-order valence-electron chi connectivity index (χ3n) is 3.09. The van der Waals surface area contributed by atoms with Crippen LogP contribution in [0.15, 0.2) is 42.5 Å². The van der Waals surface area contributed by atoms with E-state index in [9.17, 15) is 9.59 Å². The summed E-state index contributed by atoms with van der Waals surface area (Å²) in [6.07, 6.45) is 0. The molecule has 0 aliphatic rings. The molecule has 0 aromatic heterocycles. The SMILES string of the molecule is COc1ccc(Cl)cc1C(=O)NNC(=O)c1ccccc1C. The molecule has 0 radical (unpaired) electrons. The van der Waals surface area contributed by atoms with E-state index in [1.807, 2.05) is 19.1 Å². The zero-order chi connectivity index (χ0) is 16.1. The zero-order valence-electron chi connectivity index (χ0n) is 12.1. The van der Waals surface area contributed by atoms with E-state index in [1.54, 1.807) is 24.3 Å². The number of hydrazine groups is 1. The van der Waals surface area contributed by atoms with Gasteiger partial charge in [0.15, 0.2) is 0 Å². The van der Waals surface area contributed by atoms with Crippen molar-refractivity contribution in [2.75, 3.05) is 7.11 Å². The van der Waals surface area contributed by atoms with E-state index in [0.29, 0.717) is 16.3 Å². The normalized spacial score (nSPS) is 9.95. The number of carbonyl (C=O) groups is 2. The Kier molecular flexibility index (Phi) is 5.01. The highest BCUT2D eigenvalue weighted by Crippen LogP contribution is 2.22. The Hall–Kier alpha value is -2.53. The van der Waals surface area contributed by atoms with Gasteiger partial charge in [0.05, 0.1) is 12.7 Å². The third kappa shape index (κ3) is 3.56. The molecule has 2 amide bonds. The van der Waals surface area contributed by atoms with Crippen LogP contribution in [0.4, 0.5) is 0 Å². The van der Waals surface area contributed by atoms with E-state index in [-0.39, 0.29) is 5.56 Å². The zero-order valence-corrected chi connectivity index (χ0v) is 12.9. The van der Waals surface area contributed by atoms with Gasteiger partial charge < -0.3 is 4.74 Å². The lowest BCUT2D eigenvalue weighted by atomic mass is 10.1. The number of rotatable bonds is 3. The summed E-state index contributed by atoms with van der Waals surface area (Å²) in [7, 11) is 1.45. The first kappa shape index (κ1) is 15.9. The number of nitrogens with one attached hydrogen (secondary N) is 2. The monoisotopic (exact) mass is 318 g/mol. The van der Waals surface area contributed by atoms with Gasteiger partial charge >= 0.3 is 0 Å². The second-order valence-electron chi connectivity index (χ2n) is 4.57. The standard InChI is InChI=1S/C16H15ClN2O3/c1-10-5-3-4-6-12(10)15(20)18-19-16(21)13-9-11(17)7-8-14(13)22-2/h3-9H,1-2H3,(H,18,20)(H,19,21). The Balaban J connectivity index is 2.09. The Bertz CT molecular complexity index is 716. The number of methoxy groups -OCH3 is 1. The van der Waals surface area contributed by atoms with Crippen LogP contribution in [0.3, 0.4) is 0 Å². The van der Waals surface area contributed by atoms with Gasteiger partial charge in [-0.2, -0.15) is 0 Å². The molecule has 0 saturated heterocycles. The Morgan fingerprint density at radius 1 is 1.00 bits per heavy atom. The van der Waals surface area contributed by atoms with Crippen molar-refractivity contribution in [3.8, 4) is 5.75 Å². The maximum atomic E-state index is 12.1. The summed E-state index contributed by atoms with van der Waals surface area (Å²) in [6.45, 7) is 1.82. The predicted molar refractivity (Wildman–Crippen MR) is 84.1 cm³/mol. The lowest BCUT2D eigenvalue weighted by Crippen LogP contribution is -2.42. The number of ether oxygens (including phenoxy) is 1. The van der Waals surface area contributed by atoms with Crippen LogP contribution in [0.5, 0.6) is 5.75 Å². The molecular weight excluding hydrogens is 304 g/mol. The van der Waals surface area contributed by atoms with Crippen LogP contribution in [0.1, 0.15) is 26.3 Å². The van der Waals surface area contributed by atoms with Crippen LogP contribution in [0.2, 0.25) is 5.02 Å². The average Bonchev–Trinajstić information content (AvgIpc) is 2.52. The second kappa shape index (κ2) is 6.95. The highest BCUT2D eigenvalue weighted by Gasteiger charge is 2.14. The largest absolute Gasteiger partial charge is 0.496 e. The highest BCUT2D eigenvalue weighted by atomic mass is 35.5. The van der Waals surface area contributed by atoms with Crippen LogP contribution < -0.4 is 15.6 Å². The molecule has 0 unspecified atom stereocenters. The Morgan fingerprint density at radius 2 is 1.64 bits per heavy atom. The lowest BCUT2D eigenvalue weighted by Gasteiger charge is -2.11. The Morgan fingerprint density at radius 3 is 2.27 bits per heavy atom. The van der Waals surface area contributed by atoms with Crippen molar-refractivity contribution in [1.82, 2.24) is 10.9 Å². The quantitative estimate of drug-likeness (QED) is 0.855. The molecule has 22 heavy (non-hydrogen) atoms. The lowest BCUT2D eigenvalue weighted by molar-refractivity contribution is 0.0844. The van der Waals surface area contributed by atoms with Gasteiger partial charge in [-0.25, -0.2) is 0 Å². The molecule has 0 aliphatic carbocycles. The smallest absolute Gasteiger partial charge is 0.273 e. The summed E-state index contributed by atoms with van der Waals surface area (Å²) in [5, 5.41) is 0.399. The highest BCUT2D eigenvalue weighted by molar-refractivity contribution is 6.31. The number of hydrogen-bond donors (Lipinski definition) is 2. The second-order valence-corrected chi connectivity index (χ2v) is 5.00. The molecule has 0 fully saturated rings. The third-order valence-corrected chi connectivity index (χ3v) is 3.32. The first-order chi connectivity index (χ1) is 10.5. The van der Waals surface area contributed by atoms with E-state index in [2.05, 4.69) is 10.9 Å². The fourth-order valence-electron chi connectivity index (χ4n) is 1.93. The summed E-state index contributed by atoms with van der Waals surface area (Å²) in [5.74, 6) is -0.541. The molecule has 0 aliphatic heterocycles. The minimum absolute atomic E-state index is 0.236. The van der Waals surface area contributed by atoms with Crippen LogP contribution in [-0.4, -0.2) is 18.9 Å². The minimum atomic E-state index is -0.513. The van der Waals surface area contributed by atoms with Gasteiger partial charge in [0.25, 0.3) is 11.8 Å². The first-order valence-electron chi connectivity index (χ1n) is 6.52. The van der Waals surface area contributed by atoms with Crippen molar-refractivity contribution in [3.05, 3.63) is 64.2 Å². The van der Waals surface area contributed by atoms with Gasteiger partial charge in [-0.3, -0.25) is 20.4 Å². The number of aryl methyl sites for hydroxylation is 1. The molecule has 0 heterocycles. The van der Waals surface area contributed by atoms with Gasteiger partial charge in [-0.15, -0.1) is 0 Å². The van der Waals surface area contributed by atoms with Crippen molar-refractivity contribution in [2.45, 2.75) is 6.92 Å². The first-order valence-corrected chi connectivity index (χ1v) is 6.90. The average molecular weight is 319 g/mol. The maximum Gasteiger partial charge on any atom is 0.273 e. The van der Waals surface area contributed by atoms with Gasteiger partial charge in [-0.1, -0.05) is 29.8 Å². The Labute approximate surface area is 133 Å². The fourth-order valence-corrected chi connectivity index (χ4v) is 2.11. The number of benzene rings is 2. The van der Waals surface area contributed by atoms with Gasteiger partial charge in [-0.05, 0) is 36.8 Å². The summed E-state index contributed by atoms with van der Waals surface area (Å²) in [4.78, 5) is 24.2. The molecule has 2 rings (SSSR count). The molecule has 0 saturated carbocycles. The summed E-state index contributed by atoms with van der Waals surface area (Å²) < 4.78 is 5.10. The maximum absolute atomic E-state index is 12.1. The van der Waals surface area contributed by atoms with Crippen molar-refractivity contribution in [1.29, 1.82) is 0 Å². The molecule has 2 aromatic rings. The number of halogens is 1. The van der Waals surface area contributed by atoms with Crippen LogP contribution in [0.25, 0.3) is 0 Å². The minimum Gasteiger partial charge on any atom is -0.496 e. The molecular formula is C16H15ClN2O3. The molecule has 0 bridgehead atoms. The van der Waals surface area contributed by atoms with E-state index in [0.717, 1.165) is 5.56 Å². The van der Waals surface area contributed by atoms with Crippen LogP contribution in [0, 0.1) is 6.92 Å². The van der Waals surface area contributed by atoms with Crippen LogP contribution >= 0.6 is 11.6 Å². The number of amides is 2. The molecule has 6 heteroatoms. The topological polar surface area (TPSA) is 67.4 Å². The molecule has 5 nitrogen and oxygen atoms in total. The molecule has 2 aromatic carbocycles. The molecule has 114 valence electrons.